The molecule has 0 bridgehead atoms. The van der Waals surface area contributed by atoms with Crippen molar-refractivity contribution in [3.8, 4) is 10.6 Å². The molecule has 22 heavy (non-hydrogen) atoms. The highest BCUT2D eigenvalue weighted by molar-refractivity contribution is 9.10. The summed E-state index contributed by atoms with van der Waals surface area (Å²) in [5.41, 5.74) is 4.87. The Hall–Kier alpha value is -1.71. The Labute approximate surface area is 141 Å². The Morgan fingerprint density at radius 3 is 2.59 bits per heavy atom. The van der Waals surface area contributed by atoms with Gasteiger partial charge in [-0.25, -0.2) is 4.98 Å². The Balaban J connectivity index is 2.03. The second-order valence-corrected chi connectivity index (χ2v) is 7.47. The van der Waals surface area contributed by atoms with Crippen molar-refractivity contribution in [2.45, 2.75) is 13.8 Å². The molecule has 3 aromatic carbocycles. The van der Waals surface area contributed by atoms with Crippen LogP contribution in [0.25, 0.3) is 31.6 Å². The molecule has 1 heterocycles. The molecule has 0 spiro atoms. The zero-order valence-corrected chi connectivity index (χ0v) is 14.8. The van der Waals surface area contributed by atoms with E-state index in [0.29, 0.717) is 0 Å². The molecule has 0 aliphatic heterocycles. The van der Waals surface area contributed by atoms with Crippen LogP contribution in [0.2, 0.25) is 0 Å². The summed E-state index contributed by atoms with van der Waals surface area (Å²) in [4.78, 5) is 4.91. The standard InChI is InChI=1S/C19H14BrNS/c1-11-9-12(2)18-17(10-11)22-19(21-18)15-7-3-6-14-13(15)5-4-8-16(14)20/h3-10H,1-2H3. The quantitative estimate of drug-likeness (QED) is 0.374. The summed E-state index contributed by atoms with van der Waals surface area (Å²) in [6.45, 7) is 4.28. The van der Waals surface area contributed by atoms with Gasteiger partial charge in [0.15, 0.2) is 0 Å². The highest BCUT2D eigenvalue weighted by Gasteiger charge is 2.12. The molecule has 3 heteroatoms. The first kappa shape index (κ1) is 13.9. The minimum Gasteiger partial charge on any atom is -0.236 e. The Morgan fingerprint density at radius 2 is 1.73 bits per heavy atom. The van der Waals surface area contributed by atoms with Gasteiger partial charge in [0.05, 0.1) is 10.2 Å². The minimum atomic E-state index is 1.09. The number of rotatable bonds is 1. The molecular weight excluding hydrogens is 354 g/mol. The van der Waals surface area contributed by atoms with E-state index < -0.39 is 0 Å². The van der Waals surface area contributed by atoms with Crippen molar-refractivity contribution in [3.05, 3.63) is 64.1 Å². The maximum Gasteiger partial charge on any atom is 0.125 e. The second kappa shape index (κ2) is 5.18. The third kappa shape index (κ3) is 2.16. The van der Waals surface area contributed by atoms with Crippen molar-refractivity contribution < 1.29 is 0 Å². The molecule has 0 aliphatic carbocycles. The van der Waals surface area contributed by atoms with Crippen molar-refractivity contribution in [1.29, 1.82) is 0 Å². The lowest BCUT2D eigenvalue weighted by molar-refractivity contribution is 1.38. The van der Waals surface area contributed by atoms with Crippen LogP contribution in [-0.4, -0.2) is 4.98 Å². The summed E-state index contributed by atoms with van der Waals surface area (Å²) in [5.74, 6) is 0. The molecule has 0 aliphatic rings. The number of aryl methyl sites for hydroxylation is 2. The fourth-order valence-corrected chi connectivity index (χ4v) is 4.62. The SMILES string of the molecule is Cc1cc(C)c2nc(-c3cccc4c(Br)cccc34)sc2c1. The van der Waals surface area contributed by atoms with E-state index >= 15 is 0 Å². The van der Waals surface area contributed by atoms with E-state index in [9.17, 15) is 0 Å². The summed E-state index contributed by atoms with van der Waals surface area (Å²) < 4.78 is 2.39. The van der Waals surface area contributed by atoms with Crippen LogP contribution in [0, 0.1) is 13.8 Å². The van der Waals surface area contributed by atoms with Crippen LogP contribution in [0.5, 0.6) is 0 Å². The number of benzene rings is 3. The number of fused-ring (bicyclic) bond motifs is 2. The number of halogens is 1. The molecule has 4 rings (SSSR count). The zero-order chi connectivity index (χ0) is 15.3. The van der Waals surface area contributed by atoms with Crippen molar-refractivity contribution in [2.24, 2.45) is 0 Å². The van der Waals surface area contributed by atoms with Gasteiger partial charge in [0.2, 0.25) is 0 Å². The van der Waals surface area contributed by atoms with E-state index in [0.717, 1.165) is 15.0 Å². The van der Waals surface area contributed by atoms with Crippen molar-refractivity contribution in [3.63, 3.8) is 0 Å². The molecule has 0 fully saturated rings. The molecular formula is C19H14BrNS. The fraction of sp³-hybridized carbons (Fsp3) is 0.105. The third-order valence-corrected chi connectivity index (χ3v) is 5.66. The summed E-state index contributed by atoms with van der Waals surface area (Å²) >= 11 is 5.42. The van der Waals surface area contributed by atoms with Crippen molar-refractivity contribution in [1.82, 2.24) is 4.98 Å². The average molecular weight is 368 g/mol. The Bertz CT molecular complexity index is 1020. The van der Waals surface area contributed by atoms with E-state index in [1.54, 1.807) is 11.3 Å². The summed E-state index contributed by atoms with van der Waals surface area (Å²) in [6, 6.07) is 17.2. The summed E-state index contributed by atoms with van der Waals surface area (Å²) in [5, 5.41) is 3.56. The topological polar surface area (TPSA) is 12.9 Å². The first-order valence-corrected chi connectivity index (χ1v) is 8.80. The summed E-state index contributed by atoms with van der Waals surface area (Å²) in [7, 11) is 0. The molecule has 0 N–H and O–H groups in total. The maximum absolute atomic E-state index is 4.91. The monoisotopic (exact) mass is 367 g/mol. The highest BCUT2D eigenvalue weighted by Crippen LogP contribution is 2.37. The van der Waals surface area contributed by atoms with Gasteiger partial charge in [0.1, 0.15) is 5.01 Å². The highest BCUT2D eigenvalue weighted by atomic mass is 79.9. The molecule has 4 aromatic rings. The maximum atomic E-state index is 4.91. The lowest BCUT2D eigenvalue weighted by atomic mass is 10.1. The lowest BCUT2D eigenvalue weighted by Gasteiger charge is -2.05. The van der Waals surface area contributed by atoms with Crippen molar-refractivity contribution in [2.75, 3.05) is 0 Å². The van der Waals surface area contributed by atoms with E-state index in [4.69, 9.17) is 4.98 Å². The third-order valence-electron chi connectivity index (χ3n) is 3.93. The number of nitrogens with zero attached hydrogens (tertiary/aromatic N) is 1. The van der Waals surface area contributed by atoms with Crippen LogP contribution < -0.4 is 0 Å². The van der Waals surface area contributed by atoms with E-state index in [2.05, 4.69) is 78.3 Å². The van der Waals surface area contributed by atoms with Crippen LogP contribution in [-0.2, 0) is 0 Å². The summed E-state index contributed by atoms with van der Waals surface area (Å²) in [6.07, 6.45) is 0. The second-order valence-electron chi connectivity index (χ2n) is 5.59. The van der Waals surface area contributed by atoms with E-state index in [1.807, 2.05) is 0 Å². The van der Waals surface area contributed by atoms with Crippen LogP contribution in [0.4, 0.5) is 0 Å². The minimum absolute atomic E-state index is 1.09. The van der Waals surface area contributed by atoms with Gasteiger partial charge in [-0.3, -0.25) is 0 Å². The Kier molecular flexibility index (Phi) is 3.28. The molecule has 0 saturated heterocycles. The lowest BCUT2D eigenvalue weighted by Crippen LogP contribution is -1.82. The van der Waals surface area contributed by atoms with Crippen LogP contribution in [0.3, 0.4) is 0 Å². The molecule has 0 radical (unpaired) electrons. The first-order chi connectivity index (χ1) is 10.6. The van der Waals surface area contributed by atoms with Crippen molar-refractivity contribution >= 4 is 48.3 Å². The van der Waals surface area contributed by atoms with Crippen LogP contribution >= 0.6 is 27.3 Å². The van der Waals surface area contributed by atoms with Gasteiger partial charge in [-0.15, -0.1) is 11.3 Å². The Morgan fingerprint density at radius 1 is 0.955 bits per heavy atom. The predicted octanol–water partition coefficient (Wildman–Crippen LogP) is 6.50. The van der Waals surface area contributed by atoms with Gasteiger partial charge in [-0.1, -0.05) is 52.3 Å². The zero-order valence-electron chi connectivity index (χ0n) is 12.4. The molecule has 1 aromatic heterocycles. The number of hydrogen-bond donors (Lipinski definition) is 0. The van der Waals surface area contributed by atoms with Gasteiger partial charge in [0.25, 0.3) is 0 Å². The number of aromatic nitrogens is 1. The number of thiazole rings is 1. The molecule has 0 atom stereocenters. The van der Waals surface area contributed by atoms with Crippen LogP contribution in [0.15, 0.2) is 53.0 Å². The molecule has 1 nitrogen and oxygen atoms in total. The van der Waals surface area contributed by atoms with Crippen LogP contribution in [0.1, 0.15) is 11.1 Å². The largest absolute Gasteiger partial charge is 0.236 e. The molecule has 0 amide bonds. The molecule has 0 unspecified atom stereocenters. The van der Waals surface area contributed by atoms with Gasteiger partial charge in [-0.2, -0.15) is 0 Å². The van der Waals surface area contributed by atoms with Gasteiger partial charge in [-0.05, 0) is 47.9 Å². The average Bonchev–Trinajstić information content (AvgIpc) is 2.91. The van der Waals surface area contributed by atoms with E-state index in [1.165, 1.54) is 32.2 Å². The normalized spacial score (nSPS) is 11.4. The molecule has 0 saturated carbocycles. The van der Waals surface area contributed by atoms with E-state index in [-0.39, 0.29) is 0 Å². The number of hydrogen-bond acceptors (Lipinski definition) is 2. The van der Waals surface area contributed by atoms with Gasteiger partial charge < -0.3 is 0 Å². The first-order valence-electron chi connectivity index (χ1n) is 7.19. The predicted molar refractivity (Wildman–Crippen MR) is 99.7 cm³/mol. The fourth-order valence-electron chi connectivity index (χ4n) is 2.94. The smallest absolute Gasteiger partial charge is 0.125 e. The van der Waals surface area contributed by atoms with Gasteiger partial charge in [0, 0.05) is 10.0 Å². The molecule has 108 valence electrons. The van der Waals surface area contributed by atoms with Gasteiger partial charge >= 0.3 is 0 Å².